The first kappa shape index (κ1) is 17.8. The van der Waals surface area contributed by atoms with Crippen molar-refractivity contribution in [3.05, 3.63) is 64.1 Å². The van der Waals surface area contributed by atoms with E-state index in [1.54, 1.807) is 0 Å². The number of nitrogens with one attached hydrogen (secondary N) is 1. The van der Waals surface area contributed by atoms with E-state index >= 15 is 0 Å². The molecule has 0 saturated heterocycles. The summed E-state index contributed by atoms with van der Waals surface area (Å²) >= 11 is 4.92. The van der Waals surface area contributed by atoms with Gasteiger partial charge in [0.05, 0.1) is 11.0 Å². The maximum Gasteiger partial charge on any atom is 0.253 e. The van der Waals surface area contributed by atoms with E-state index in [0.717, 1.165) is 20.6 Å². The summed E-state index contributed by atoms with van der Waals surface area (Å²) in [6.07, 6.45) is 0. The molecule has 0 radical (unpaired) electrons. The second-order valence-electron chi connectivity index (χ2n) is 5.25. The molecule has 0 fully saturated rings. The minimum atomic E-state index is -0.209. The van der Waals surface area contributed by atoms with Crippen molar-refractivity contribution in [3.63, 3.8) is 0 Å². The Hall–Kier alpha value is -1.59. The largest absolute Gasteiger partial charge is 0.272 e. The molecule has 2 aromatic rings. The number of amides is 1. The number of thioether (sulfide) groups is 1. The smallest absolute Gasteiger partial charge is 0.253 e. The molecular weight excluding hydrogens is 372 g/mol. The molecule has 0 aliphatic heterocycles. The lowest BCUT2D eigenvalue weighted by atomic mass is 10.1. The van der Waals surface area contributed by atoms with Crippen LogP contribution in [0.2, 0.25) is 0 Å². The molecular formula is C18H19BrN2OS. The highest BCUT2D eigenvalue weighted by Gasteiger charge is 2.13. The van der Waals surface area contributed by atoms with Gasteiger partial charge in [0.25, 0.3) is 5.91 Å². The summed E-state index contributed by atoms with van der Waals surface area (Å²) in [5, 5.41) is 3.98. The van der Waals surface area contributed by atoms with Gasteiger partial charge >= 0.3 is 0 Å². The zero-order valence-electron chi connectivity index (χ0n) is 13.3. The summed E-state index contributed by atoms with van der Waals surface area (Å²) in [6.45, 7) is 5.80. The van der Waals surface area contributed by atoms with Crippen molar-refractivity contribution in [1.82, 2.24) is 5.43 Å². The Kier molecular flexibility index (Phi) is 6.42. The first-order valence-corrected chi connectivity index (χ1v) is 8.96. The van der Waals surface area contributed by atoms with Crippen LogP contribution in [0.15, 0.2) is 63.0 Å². The van der Waals surface area contributed by atoms with Gasteiger partial charge in [-0.25, -0.2) is 5.43 Å². The lowest BCUT2D eigenvalue weighted by Gasteiger charge is -2.10. The zero-order valence-corrected chi connectivity index (χ0v) is 15.7. The van der Waals surface area contributed by atoms with Crippen LogP contribution in [0, 0.1) is 6.92 Å². The summed E-state index contributed by atoms with van der Waals surface area (Å²) < 4.78 is 1.02. The number of benzene rings is 2. The van der Waals surface area contributed by atoms with Gasteiger partial charge < -0.3 is 0 Å². The average Bonchev–Trinajstić information content (AvgIpc) is 2.55. The minimum absolute atomic E-state index is 0.105. The van der Waals surface area contributed by atoms with Gasteiger partial charge in [-0.1, -0.05) is 45.8 Å². The quantitative estimate of drug-likeness (QED) is 0.453. The summed E-state index contributed by atoms with van der Waals surface area (Å²) in [7, 11) is 0. The van der Waals surface area contributed by atoms with Crippen molar-refractivity contribution in [2.75, 3.05) is 0 Å². The average molecular weight is 391 g/mol. The maximum absolute atomic E-state index is 12.2. The van der Waals surface area contributed by atoms with Crippen LogP contribution in [0.4, 0.5) is 0 Å². The van der Waals surface area contributed by atoms with E-state index in [4.69, 9.17) is 0 Å². The second-order valence-corrected chi connectivity index (χ2v) is 7.58. The van der Waals surface area contributed by atoms with Gasteiger partial charge in [0, 0.05) is 9.37 Å². The molecule has 0 saturated carbocycles. The monoisotopic (exact) mass is 390 g/mol. The third-order valence-electron chi connectivity index (χ3n) is 3.30. The van der Waals surface area contributed by atoms with Gasteiger partial charge in [-0.05, 0) is 50.6 Å². The molecule has 2 rings (SSSR count). The summed E-state index contributed by atoms with van der Waals surface area (Å²) in [5.74, 6) is -0.105. The van der Waals surface area contributed by atoms with Gasteiger partial charge in [0.15, 0.2) is 0 Å². The molecule has 0 aliphatic rings. The topological polar surface area (TPSA) is 41.5 Å². The number of hydrogen-bond donors (Lipinski definition) is 1. The highest BCUT2D eigenvalue weighted by molar-refractivity contribution is 9.10. The van der Waals surface area contributed by atoms with Crippen molar-refractivity contribution in [2.45, 2.75) is 30.9 Å². The molecule has 23 heavy (non-hydrogen) atoms. The Morgan fingerprint density at radius 1 is 1.13 bits per heavy atom. The molecule has 0 spiro atoms. The van der Waals surface area contributed by atoms with Crippen LogP contribution >= 0.6 is 27.7 Å². The normalized spacial score (nSPS) is 12.8. The Balaban J connectivity index is 1.93. The molecule has 1 atom stereocenters. The number of hydrogen-bond acceptors (Lipinski definition) is 3. The minimum Gasteiger partial charge on any atom is -0.272 e. The number of hydrazone groups is 1. The van der Waals surface area contributed by atoms with Crippen LogP contribution < -0.4 is 5.43 Å². The number of aryl methyl sites for hydroxylation is 1. The predicted octanol–water partition coefficient (Wildman–Crippen LogP) is 4.78. The van der Waals surface area contributed by atoms with E-state index in [-0.39, 0.29) is 11.2 Å². The van der Waals surface area contributed by atoms with E-state index in [2.05, 4.69) is 26.5 Å². The fourth-order valence-corrected chi connectivity index (χ4v) is 2.99. The molecule has 0 aliphatic carbocycles. The van der Waals surface area contributed by atoms with Crippen LogP contribution in [0.1, 0.15) is 25.0 Å². The molecule has 3 nitrogen and oxygen atoms in total. The highest BCUT2D eigenvalue weighted by atomic mass is 79.9. The second kappa shape index (κ2) is 8.31. The van der Waals surface area contributed by atoms with E-state index in [1.807, 2.05) is 69.3 Å². The number of carbonyl (C=O) groups excluding carboxylic acids is 1. The van der Waals surface area contributed by atoms with Crippen molar-refractivity contribution < 1.29 is 4.79 Å². The summed E-state index contributed by atoms with van der Waals surface area (Å²) in [4.78, 5) is 13.2. The Labute approximate surface area is 149 Å². The van der Waals surface area contributed by atoms with Crippen LogP contribution in [0.25, 0.3) is 0 Å². The molecule has 1 amide bonds. The van der Waals surface area contributed by atoms with Crippen molar-refractivity contribution in [1.29, 1.82) is 0 Å². The van der Waals surface area contributed by atoms with Crippen LogP contribution in [0.3, 0.4) is 0 Å². The molecule has 5 heteroatoms. The van der Waals surface area contributed by atoms with Crippen molar-refractivity contribution in [2.24, 2.45) is 5.10 Å². The Bertz CT molecular complexity index is 696. The van der Waals surface area contributed by atoms with Crippen molar-refractivity contribution >= 4 is 39.3 Å². The van der Waals surface area contributed by atoms with Gasteiger partial charge in [-0.2, -0.15) is 5.10 Å². The first-order valence-electron chi connectivity index (χ1n) is 7.29. The van der Waals surface area contributed by atoms with Gasteiger partial charge in [0.2, 0.25) is 0 Å². The number of nitrogens with zero attached hydrogens (tertiary/aromatic N) is 1. The van der Waals surface area contributed by atoms with Crippen LogP contribution in [0.5, 0.6) is 0 Å². The molecule has 2 aromatic carbocycles. The SMILES string of the molecule is C/C(=N/NC(=O)[C@@H](C)Sc1ccc(C)cc1)c1ccc(Br)cc1. The third-order valence-corrected chi connectivity index (χ3v) is 4.94. The maximum atomic E-state index is 12.2. The van der Waals surface area contributed by atoms with E-state index in [9.17, 15) is 4.79 Å². The summed E-state index contributed by atoms with van der Waals surface area (Å²) in [5.41, 5.74) is 5.61. The van der Waals surface area contributed by atoms with Crippen molar-refractivity contribution in [3.8, 4) is 0 Å². The molecule has 0 heterocycles. The highest BCUT2D eigenvalue weighted by Crippen LogP contribution is 2.23. The van der Waals surface area contributed by atoms with Crippen LogP contribution in [-0.4, -0.2) is 16.9 Å². The number of rotatable bonds is 5. The Morgan fingerprint density at radius 3 is 2.35 bits per heavy atom. The van der Waals surface area contributed by atoms with E-state index < -0.39 is 0 Å². The molecule has 1 N–H and O–H groups in total. The van der Waals surface area contributed by atoms with E-state index in [1.165, 1.54) is 17.3 Å². The fourth-order valence-electron chi connectivity index (χ4n) is 1.86. The van der Waals surface area contributed by atoms with Crippen LogP contribution in [-0.2, 0) is 4.79 Å². The molecule has 0 unspecified atom stereocenters. The van der Waals surface area contributed by atoms with Gasteiger partial charge in [-0.3, -0.25) is 4.79 Å². The molecule has 0 aromatic heterocycles. The lowest BCUT2D eigenvalue weighted by molar-refractivity contribution is -0.120. The van der Waals surface area contributed by atoms with E-state index in [0.29, 0.717) is 0 Å². The van der Waals surface area contributed by atoms with Gasteiger partial charge in [-0.15, -0.1) is 11.8 Å². The molecule has 120 valence electrons. The van der Waals surface area contributed by atoms with Gasteiger partial charge in [0.1, 0.15) is 0 Å². The summed E-state index contributed by atoms with van der Waals surface area (Å²) in [6, 6.07) is 16.0. The first-order chi connectivity index (χ1) is 11.0. The lowest BCUT2D eigenvalue weighted by Crippen LogP contribution is -2.27. The zero-order chi connectivity index (χ0) is 16.8. The fraction of sp³-hybridized carbons (Fsp3) is 0.222. The number of carbonyl (C=O) groups is 1. The third kappa shape index (κ3) is 5.52. The number of halogens is 1. The standard InChI is InChI=1S/C18H19BrN2OS/c1-12-4-10-17(11-5-12)23-14(3)18(22)21-20-13(2)15-6-8-16(19)9-7-15/h4-11,14H,1-3H3,(H,21,22)/b20-13-/t14-/m1/s1. The predicted molar refractivity (Wildman–Crippen MR) is 101 cm³/mol. The Morgan fingerprint density at radius 2 is 1.74 bits per heavy atom. The molecule has 0 bridgehead atoms.